The van der Waals surface area contributed by atoms with Crippen LogP contribution in [-0.2, 0) is 20.8 Å². The number of aromatic nitrogens is 2. The maximum atomic E-state index is 11.8. The van der Waals surface area contributed by atoms with Crippen molar-refractivity contribution in [3.63, 3.8) is 0 Å². The van der Waals surface area contributed by atoms with E-state index >= 15 is 0 Å². The maximum Gasteiger partial charge on any atom is 0.253 e. The first-order chi connectivity index (χ1) is 16.0. The van der Waals surface area contributed by atoms with Gasteiger partial charge < -0.3 is 26.0 Å². The van der Waals surface area contributed by atoms with Crippen LogP contribution in [0.25, 0.3) is 27.6 Å². The number of aliphatic hydroxyl groups is 1. The zero-order chi connectivity index (χ0) is 22.7. The van der Waals surface area contributed by atoms with E-state index in [0.29, 0.717) is 31.0 Å². The summed E-state index contributed by atoms with van der Waals surface area (Å²) in [7, 11) is 0. The van der Waals surface area contributed by atoms with Crippen molar-refractivity contribution in [2.75, 3.05) is 32.1 Å². The predicted octanol–water partition coefficient (Wildman–Crippen LogP) is 1.68. The molecular weight excluding hydrogens is 422 g/mol. The Morgan fingerprint density at radius 1 is 1.33 bits per heavy atom. The Kier molecular flexibility index (Phi) is 4.56. The van der Waals surface area contributed by atoms with Gasteiger partial charge in [0.05, 0.1) is 31.0 Å². The van der Waals surface area contributed by atoms with E-state index in [1.807, 2.05) is 24.3 Å². The summed E-state index contributed by atoms with van der Waals surface area (Å²) in [5, 5.41) is 19.7. The topological polar surface area (TPSA) is 143 Å². The van der Waals surface area contributed by atoms with E-state index in [1.165, 1.54) is 5.57 Å². The second-order valence-electron chi connectivity index (χ2n) is 8.91. The van der Waals surface area contributed by atoms with Crippen LogP contribution in [0.1, 0.15) is 29.5 Å². The fourth-order valence-corrected chi connectivity index (χ4v) is 4.94. The van der Waals surface area contributed by atoms with Gasteiger partial charge in [-0.3, -0.25) is 14.8 Å². The van der Waals surface area contributed by atoms with Crippen molar-refractivity contribution < 1.29 is 19.4 Å². The normalized spacial score (nSPS) is 24.6. The molecule has 0 bridgehead atoms. The number of nitrogens with two attached hydrogens (primary N) is 2. The Bertz CT molecular complexity index is 1310. The molecule has 1 amide bonds. The maximum absolute atomic E-state index is 11.8. The first-order valence-corrected chi connectivity index (χ1v) is 11.0. The van der Waals surface area contributed by atoms with Gasteiger partial charge >= 0.3 is 0 Å². The molecule has 9 nitrogen and oxygen atoms in total. The number of carbonyl (C=O) groups excluding carboxylic acids is 1. The second kappa shape index (κ2) is 7.39. The van der Waals surface area contributed by atoms with E-state index in [-0.39, 0.29) is 13.2 Å². The summed E-state index contributed by atoms with van der Waals surface area (Å²) in [5.41, 5.74) is 18.0. The van der Waals surface area contributed by atoms with Gasteiger partial charge in [-0.1, -0.05) is 18.2 Å². The van der Waals surface area contributed by atoms with E-state index < -0.39 is 17.7 Å². The van der Waals surface area contributed by atoms with Crippen molar-refractivity contribution in [2.45, 2.75) is 24.8 Å². The minimum atomic E-state index is -1.03. The number of epoxide rings is 1. The molecule has 1 saturated heterocycles. The van der Waals surface area contributed by atoms with Gasteiger partial charge in [0.2, 0.25) is 0 Å². The molecule has 6 rings (SSSR count). The molecule has 1 aromatic heterocycles. The smallest absolute Gasteiger partial charge is 0.253 e. The standard InChI is InChI=1S/C24H25N5O4/c25-18-3-2-15(17-10-29(22(30)20(17)18)11-24(12-33-24)23(26)31)14-1-4-19-16(9-14)21(28-27-19)13-5-7-32-8-6-13/h1-5,9,22,30H,6-8,10-12,25H2,(H2,26,31)(H,27,28). The number of H-pyrrole nitrogens is 1. The number of anilines is 1. The molecule has 0 aliphatic carbocycles. The number of fused-ring (bicyclic) bond motifs is 2. The van der Waals surface area contributed by atoms with Crippen LogP contribution in [0.2, 0.25) is 0 Å². The second-order valence-corrected chi connectivity index (χ2v) is 8.91. The third-order valence-corrected chi connectivity index (χ3v) is 6.90. The zero-order valence-electron chi connectivity index (χ0n) is 18.0. The summed E-state index contributed by atoms with van der Waals surface area (Å²) >= 11 is 0. The highest BCUT2D eigenvalue weighted by Crippen LogP contribution is 2.44. The van der Waals surface area contributed by atoms with E-state index in [9.17, 15) is 9.90 Å². The molecule has 3 aliphatic rings. The van der Waals surface area contributed by atoms with Crippen LogP contribution in [0.4, 0.5) is 5.69 Å². The molecule has 2 unspecified atom stereocenters. The van der Waals surface area contributed by atoms with Gasteiger partial charge in [-0.2, -0.15) is 5.10 Å². The summed E-state index contributed by atoms with van der Waals surface area (Å²) in [6.07, 6.45) is 1.97. The number of hydrogen-bond donors (Lipinski definition) is 4. The summed E-state index contributed by atoms with van der Waals surface area (Å²) in [4.78, 5) is 13.6. The number of ether oxygens (including phenoxy) is 2. The lowest BCUT2D eigenvalue weighted by Crippen LogP contribution is -2.42. The Morgan fingerprint density at radius 2 is 2.18 bits per heavy atom. The summed E-state index contributed by atoms with van der Waals surface area (Å²) in [6.45, 7) is 2.21. The van der Waals surface area contributed by atoms with Gasteiger partial charge in [-0.25, -0.2) is 0 Å². The molecule has 2 aromatic carbocycles. The molecule has 4 heterocycles. The highest BCUT2D eigenvalue weighted by Gasteiger charge is 2.53. The van der Waals surface area contributed by atoms with Gasteiger partial charge in [-0.15, -0.1) is 0 Å². The van der Waals surface area contributed by atoms with Crippen LogP contribution >= 0.6 is 0 Å². The lowest BCUT2D eigenvalue weighted by molar-refractivity contribution is -0.125. The molecule has 3 aromatic rings. The van der Waals surface area contributed by atoms with Crippen LogP contribution in [0.3, 0.4) is 0 Å². The number of aromatic amines is 1. The first kappa shape index (κ1) is 20.4. The molecule has 33 heavy (non-hydrogen) atoms. The molecule has 3 aliphatic heterocycles. The average Bonchev–Trinajstić information content (AvgIpc) is 3.37. The fraction of sp³-hybridized carbons (Fsp3) is 0.333. The van der Waals surface area contributed by atoms with Gasteiger partial charge in [0, 0.05) is 29.7 Å². The van der Waals surface area contributed by atoms with Gasteiger partial charge in [0.15, 0.2) is 5.60 Å². The Labute approximate surface area is 189 Å². The number of nitrogens with one attached hydrogen (secondary N) is 1. The minimum absolute atomic E-state index is 0.220. The van der Waals surface area contributed by atoms with Crippen molar-refractivity contribution >= 4 is 28.1 Å². The number of amides is 1. The Morgan fingerprint density at radius 3 is 2.91 bits per heavy atom. The van der Waals surface area contributed by atoms with Crippen molar-refractivity contribution in [1.82, 2.24) is 15.1 Å². The molecule has 9 heteroatoms. The molecule has 0 saturated carbocycles. The number of nitrogens with zero attached hydrogens (tertiary/aromatic N) is 2. The summed E-state index contributed by atoms with van der Waals surface area (Å²) in [5.74, 6) is -0.515. The quantitative estimate of drug-likeness (QED) is 0.344. The monoisotopic (exact) mass is 447 g/mol. The van der Waals surface area contributed by atoms with Gasteiger partial charge in [-0.05, 0) is 46.9 Å². The van der Waals surface area contributed by atoms with E-state index in [0.717, 1.165) is 39.7 Å². The molecule has 6 N–H and O–H groups in total. The predicted molar refractivity (Wildman–Crippen MR) is 123 cm³/mol. The van der Waals surface area contributed by atoms with Crippen LogP contribution in [-0.4, -0.2) is 58.1 Å². The highest BCUT2D eigenvalue weighted by molar-refractivity contribution is 5.94. The number of rotatable bonds is 5. The average molecular weight is 447 g/mol. The summed E-state index contributed by atoms with van der Waals surface area (Å²) < 4.78 is 10.8. The van der Waals surface area contributed by atoms with Crippen molar-refractivity contribution in [2.24, 2.45) is 5.73 Å². The number of benzene rings is 2. The lowest BCUT2D eigenvalue weighted by atomic mass is 9.94. The molecule has 0 spiro atoms. The first-order valence-electron chi connectivity index (χ1n) is 11.0. The number of primary amides is 1. The van der Waals surface area contributed by atoms with Crippen LogP contribution in [0.15, 0.2) is 36.4 Å². The lowest BCUT2D eigenvalue weighted by Gasteiger charge is -2.22. The zero-order valence-corrected chi connectivity index (χ0v) is 18.0. The van der Waals surface area contributed by atoms with Crippen molar-refractivity contribution in [3.05, 3.63) is 53.2 Å². The van der Waals surface area contributed by atoms with Crippen LogP contribution in [0.5, 0.6) is 0 Å². The Balaban J connectivity index is 1.40. The van der Waals surface area contributed by atoms with Crippen LogP contribution < -0.4 is 11.5 Å². The van der Waals surface area contributed by atoms with E-state index in [1.54, 1.807) is 4.90 Å². The molecule has 2 atom stereocenters. The number of carbonyl (C=O) groups is 1. The highest BCUT2D eigenvalue weighted by atomic mass is 16.6. The fourth-order valence-electron chi connectivity index (χ4n) is 4.94. The van der Waals surface area contributed by atoms with E-state index in [4.69, 9.17) is 20.9 Å². The minimum Gasteiger partial charge on any atom is -0.398 e. The van der Waals surface area contributed by atoms with Gasteiger partial charge in [0.25, 0.3) is 5.91 Å². The molecule has 170 valence electrons. The van der Waals surface area contributed by atoms with E-state index in [2.05, 4.69) is 22.3 Å². The SMILES string of the molecule is NC(=O)C1(CN2Cc3c(-c4ccc5[nH]nc(C6=CCOCC6)c5c4)ccc(N)c3C2O)CO1. The number of hydrogen-bond acceptors (Lipinski definition) is 7. The number of aliphatic hydroxyl groups excluding tert-OH is 1. The molecular formula is C24H25N5O4. The number of nitrogen functional groups attached to an aromatic ring is 1. The third-order valence-electron chi connectivity index (χ3n) is 6.90. The summed E-state index contributed by atoms with van der Waals surface area (Å²) in [6, 6.07) is 9.99. The van der Waals surface area contributed by atoms with Crippen LogP contribution in [0, 0.1) is 0 Å². The largest absolute Gasteiger partial charge is 0.398 e. The third kappa shape index (κ3) is 3.24. The Hall–Kier alpha value is -3.24. The molecule has 1 fully saturated rings. The van der Waals surface area contributed by atoms with Crippen molar-refractivity contribution in [3.8, 4) is 11.1 Å². The van der Waals surface area contributed by atoms with Gasteiger partial charge in [0.1, 0.15) is 6.23 Å². The molecule has 0 radical (unpaired) electrons. The van der Waals surface area contributed by atoms with Crippen molar-refractivity contribution in [1.29, 1.82) is 0 Å².